The van der Waals surface area contributed by atoms with Gasteiger partial charge in [-0.15, -0.1) is 0 Å². The van der Waals surface area contributed by atoms with Crippen LogP contribution in [0.2, 0.25) is 0 Å². The van der Waals surface area contributed by atoms with Gasteiger partial charge in [0.05, 0.1) is 33.3 Å². The van der Waals surface area contributed by atoms with Crippen molar-refractivity contribution in [3.8, 4) is 0 Å². The Morgan fingerprint density at radius 2 is 1.32 bits per heavy atom. The minimum atomic E-state index is -1.48. The predicted molar refractivity (Wildman–Crippen MR) is 199 cm³/mol. The zero-order chi connectivity index (χ0) is 37.3. The third kappa shape index (κ3) is 5.83. The monoisotopic (exact) mass is 713 g/mol. The summed E-state index contributed by atoms with van der Waals surface area (Å²) in [7, 11) is 0. The van der Waals surface area contributed by atoms with Crippen molar-refractivity contribution in [1.29, 1.82) is 0 Å². The lowest BCUT2D eigenvalue weighted by atomic mass is 9.89. The van der Waals surface area contributed by atoms with Crippen molar-refractivity contribution in [2.24, 2.45) is 11.8 Å². The average Bonchev–Trinajstić information content (AvgIpc) is 3.95. The third-order valence-corrected chi connectivity index (χ3v) is 11.8. The summed E-state index contributed by atoms with van der Waals surface area (Å²) in [6, 6.07) is 13.2. The molecule has 2 amide bonds. The van der Waals surface area contributed by atoms with Gasteiger partial charge in [-0.3, -0.25) is 24.0 Å². The molecule has 10 nitrogen and oxygen atoms in total. The Hall–Kier alpha value is -5.25. The minimum absolute atomic E-state index is 0.00262. The van der Waals surface area contributed by atoms with Gasteiger partial charge in [-0.1, -0.05) is 65.5 Å². The highest BCUT2D eigenvalue weighted by molar-refractivity contribution is 6.37. The minimum Gasteiger partial charge on any atom is -0.458 e. The number of anilines is 1. The number of fused-ring (bicyclic) bond motifs is 3. The van der Waals surface area contributed by atoms with E-state index in [2.05, 4.69) is 16.0 Å². The summed E-state index contributed by atoms with van der Waals surface area (Å²) in [5.74, 6) is -3.64. The first-order valence-electron chi connectivity index (χ1n) is 19.0. The number of H-pyrrole nitrogens is 1. The summed E-state index contributed by atoms with van der Waals surface area (Å²) in [6.07, 6.45) is 8.55. The lowest BCUT2D eigenvalue weighted by molar-refractivity contribution is 0.00323. The van der Waals surface area contributed by atoms with E-state index in [1.54, 1.807) is 0 Å². The molecule has 4 aliphatic rings. The van der Waals surface area contributed by atoms with E-state index < -0.39 is 40.8 Å². The van der Waals surface area contributed by atoms with E-state index in [4.69, 9.17) is 4.74 Å². The Morgan fingerprint density at radius 1 is 0.736 bits per heavy atom. The van der Waals surface area contributed by atoms with Crippen molar-refractivity contribution < 1.29 is 28.7 Å². The third-order valence-electron chi connectivity index (χ3n) is 11.8. The van der Waals surface area contributed by atoms with Crippen LogP contribution < -0.4 is 10.5 Å². The number of ketones is 2. The van der Waals surface area contributed by atoms with Crippen LogP contribution in [-0.2, 0) is 4.74 Å². The van der Waals surface area contributed by atoms with Gasteiger partial charge in [0.2, 0.25) is 0 Å². The second kappa shape index (κ2) is 13.3. The van der Waals surface area contributed by atoms with Crippen LogP contribution >= 0.6 is 0 Å². The number of carbonyl (C=O) groups excluding carboxylic acids is 5. The fourth-order valence-electron chi connectivity index (χ4n) is 9.10. The maximum Gasteiger partial charge on any atom is 0.338 e. The zero-order valence-corrected chi connectivity index (χ0v) is 30.5. The number of nitrogens with zero attached hydrogens (tertiary/aromatic N) is 2. The van der Waals surface area contributed by atoms with E-state index in [0.717, 1.165) is 44.1 Å². The molecule has 2 heterocycles. The lowest BCUT2D eigenvalue weighted by Crippen LogP contribution is -2.30. The molecule has 1 aromatic heterocycles. The molecule has 272 valence electrons. The second-order valence-electron chi connectivity index (χ2n) is 15.9. The highest BCUT2D eigenvalue weighted by atomic mass is 16.5. The quantitative estimate of drug-likeness (QED) is 0.110. The first kappa shape index (κ1) is 34.8. The molecule has 3 aliphatic carbocycles. The molecule has 1 N–H and O–H groups in total. The molecule has 0 unspecified atom stereocenters. The van der Waals surface area contributed by atoms with Gasteiger partial charge in [-0.25, -0.2) is 14.7 Å². The van der Waals surface area contributed by atoms with Crippen LogP contribution in [0.15, 0.2) is 53.3 Å². The van der Waals surface area contributed by atoms with E-state index in [1.165, 1.54) is 53.6 Å². The van der Waals surface area contributed by atoms with Crippen LogP contribution in [0, 0.1) is 11.8 Å². The molecule has 8 rings (SSSR count). The Kier molecular flexibility index (Phi) is 8.74. The fraction of sp³-hybridized carbons (Fsp3) is 0.419. The van der Waals surface area contributed by atoms with E-state index in [9.17, 15) is 28.8 Å². The molecule has 10 heteroatoms. The van der Waals surface area contributed by atoms with Gasteiger partial charge in [-0.05, 0) is 96.9 Å². The second-order valence-corrected chi connectivity index (χ2v) is 15.9. The van der Waals surface area contributed by atoms with Gasteiger partial charge in [0.15, 0.2) is 11.6 Å². The average molecular weight is 714 g/mol. The summed E-state index contributed by atoms with van der Waals surface area (Å²) >= 11 is 0. The summed E-state index contributed by atoms with van der Waals surface area (Å²) in [4.78, 5) is 90.7. The van der Waals surface area contributed by atoms with Crippen molar-refractivity contribution in [1.82, 2.24) is 9.97 Å². The first-order chi connectivity index (χ1) is 25.4. The van der Waals surface area contributed by atoms with Crippen molar-refractivity contribution in [3.05, 3.63) is 104 Å². The number of ether oxygens (including phenoxy) is 1. The number of carbonyl (C=O) groups is 5. The van der Waals surface area contributed by atoms with Crippen LogP contribution in [0.3, 0.4) is 0 Å². The maximum absolute atomic E-state index is 14.1. The van der Waals surface area contributed by atoms with E-state index in [1.807, 2.05) is 39.8 Å². The van der Waals surface area contributed by atoms with E-state index in [-0.39, 0.29) is 68.4 Å². The Bertz CT molecular complexity index is 2230. The van der Waals surface area contributed by atoms with Gasteiger partial charge in [0.1, 0.15) is 17.8 Å². The summed E-state index contributed by atoms with van der Waals surface area (Å²) in [6.45, 7) is 7.88. The number of benzene rings is 3. The Morgan fingerprint density at radius 3 is 1.91 bits per heavy atom. The summed E-state index contributed by atoms with van der Waals surface area (Å²) < 4.78 is 5.78. The van der Waals surface area contributed by atoms with E-state index in [0.29, 0.717) is 11.6 Å². The van der Waals surface area contributed by atoms with Crippen molar-refractivity contribution in [2.45, 2.75) is 103 Å². The van der Waals surface area contributed by atoms with Crippen LogP contribution in [0.4, 0.5) is 5.69 Å². The van der Waals surface area contributed by atoms with Crippen molar-refractivity contribution in [2.75, 3.05) is 4.90 Å². The summed E-state index contributed by atoms with van der Waals surface area (Å²) in [5.41, 5.74) is 2.72. The number of aromatic amines is 1. The maximum atomic E-state index is 14.1. The predicted octanol–water partition coefficient (Wildman–Crippen LogP) is 8.04. The molecular weight excluding hydrogens is 670 g/mol. The topological polar surface area (TPSA) is 144 Å². The largest absolute Gasteiger partial charge is 0.458 e. The SMILES string of the molecule is CC(C)C(OC(=O)c1ccc2c(=O)[nH]c(C3C(=O)c4cc5c(cc4C3=O)C(=O)N(c3ccc(C4CCCC4)cc3C3CCCC3)C5=O)nc2c1)C(C)C. The molecule has 0 spiro atoms. The highest BCUT2D eigenvalue weighted by Gasteiger charge is 2.46. The molecular formula is C43H43N3O7. The standard InChI is InChI=1S/C43H43N3O7/c1-21(2)38(22(3)4)53-43(52)26-13-15-27-33(18-26)44-39(45-40(27)49)35-36(47)29-19-31-32(20-30(29)37(35)48)42(51)46(41(31)50)34-16-14-25(23-9-5-6-10-23)17-28(34)24-11-7-8-12-24/h13-24,35,38H,5-12H2,1-4H3,(H,44,45,49). The lowest BCUT2D eigenvalue weighted by Gasteiger charge is -2.24. The number of hydrogen-bond donors (Lipinski definition) is 1. The molecule has 3 aromatic carbocycles. The van der Waals surface area contributed by atoms with Gasteiger partial charge in [-0.2, -0.15) is 0 Å². The number of Topliss-reactive ketones (excluding diaryl/α,β-unsaturated/α-hetero) is 2. The van der Waals surface area contributed by atoms with Gasteiger partial charge in [0, 0.05) is 11.1 Å². The molecule has 2 saturated carbocycles. The number of esters is 1. The number of aromatic nitrogens is 2. The van der Waals surface area contributed by atoms with E-state index >= 15 is 0 Å². The zero-order valence-electron chi connectivity index (χ0n) is 30.5. The highest BCUT2D eigenvalue weighted by Crippen LogP contribution is 2.45. The van der Waals surface area contributed by atoms with Crippen LogP contribution in [0.1, 0.15) is 166 Å². The van der Waals surface area contributed by atoms with Gasteiger partial charge in [0.25, 0.3) is 17.4 Å². The van der Waals surface area contributed by atoms with Crippen LogP contribution in [-0.4, -0.2) is 45.4 Å². The number of imide groups is 1. The molecule has 0 saturated heterocycles. The molecule has 4 aromatic rings. The van der Waals surface area contributed by atoms with Gasteiger partial charge < -0.3 is 9.72 Å². The van der Waals surface area contributed by atoms with Crippen molar-refractivity contribution in [3.63, 3.8) is 0 Å². The molecule has 1 aliphatic heterocycles. The number of hydrogen-bond acceptors (Lipinski definition) is 8. The van der Waals surface area contributed by atoms with Crippen molar-refractivity contribution >= 4 is 45.9 Å². The first-order valence-corrected chi connectivity index (χ1v) is 19.0. The Labute approximate surface area is 307 Å². The molecule has 0 atom stereocenters. The normalized spacial score (nSPS) is 18.1. The van der Waals surface area contributed by atoms with Gasteiger partial charge >= 0.3 is 5.97 Å². The molecule has 0 radical (unpaired) electrons. The number of nitrogens with one attached hydrogen (secondary N) is 1. The number of rotatable bonds is 8. The number of amides is 2. The smallest absolute Gasteiger partial charge is 0.338 e. The Balaban J connectivity index is 1.11. The van der Waals surface area contributed by atoms with Crippen LogP contribution in [0.5, 0.6) is 0 Å². The fourth-order valence-corrected chi connectivity index (χ4v) is 9.10. The molecule has 53 heavy (non-hydrogen) atoms. The summed E-state index contributed by atoms with van der Waals surface area (Å²) in [5, 5.41) is 0.175. The molecule has 0 bridgehead atoms. The molecule has 2 fully saturated rings. The van der Waals surface area contributed by atoms with Crippen LogP contribution in [0.25, 0.3) is 10.9 Å².